The number of thiophene rings is 1. The zero-order valence-corrected chi connectivity index (χ0v) is 15.6. The fourth-order valence-electron chi connectivity index (χ4n) is 2.66. The molecular formula is C19H21N3O2S. The minimum atomic E-state index is -0.356. The quantitative estimate of drug-likeness (QED) is 0.760. The van der Waals surface area contributed by atoms with E-state index in [4.69, 9.17) is 4.74 Å². The molecule has 1 amide bonds. The first-order valence-corrected chi connectivity index (χ1v) is 8.80. The SMILES string of the molecule is COc1cccc(C(NC(=O)c2cc(C)c(C)s2)c2nccn2C)c1. The van der Waals surface area contributed by atoms with Crippen LogP contribution in [0.5, 0.6) is 5.75 Å². The maximum Gasteiger partial charge on any atom is 0.262 e. The Morgan fingerprint density at radius 2 is 2.12 bits per heavy atom. The van der Waals surface area contributed by atoms with Gasteiger partial charge in [0, 0.05) is 24.3 Å². The largest absolute Gasteiger partial charge is 0.497 e. The molecule has 0 aliphatic heterocycles. The molecule has 130 valence electrons. The highest BCUT2D eigenvalue weighted by Gasteiger charge is 2.23. The summed E-state index contributed by atoms with van der Waals surface area (Å²) in [5, 5.41) is 3.12. The highest BCUT2D eigenvalue weighted by molar-refractivity contribution is 7.14. The van der Waals surface area contributed by atoms with E-state index in [0.717, 1.165) is 27.6 Å². The van der Waals surface area contributed by atoms with Crippen LogP contribution in [0.2, 0.25) is 0 Å². The van der Waals surface area contributed by atoms with Gasteiger partial charge in [0.25, 0.3) is 5.91 Å². The van der Waals surface area contributed by atoms with Crippen LogP contribution in [0.4, 0.5) is 0 Å². The summed E-state index contributed by atoms with van der Waals surface area (Å²) < 4.78 is 7.24. The smallest absolute Gasteiger partial charge is 0.262 e. The standard InChI is InChI=1S/C19H21N3O2S/c1-12-10-16(25-13(12)2)19(23)21-17(18-20-8-9-22(18)3)14-6-5-7-15(11-14)24-4/h5-11,17H,1-4H3,(H,21,23). The molecule has 1 aromatic carbocycles. The number of ether oxygens (including phenoxy) is 1. The zero-order chi connectivity index (χ0) is 18.0. The summed E-state index contributed by atoms with van der Waals surface area (Å²) in [5.41, 5.74) is 2.05. The fraction of sp³-hybridized carbons (Fsp3) is 0.263. The van der Waals surface area contributed by atoms with E-state index >= 15 is 0 Å². The van der Waals surface area contributed by atoms with Crippen molar-refractivity contribution in [1.82, 2.24) is 14.9 Å². The molecule has 0 saturated heterocycles. The number of nitrogens with one attached hydrogen (secondary N) is 1. The summed E-state index contributed by atoms with van der Waals surface area (Å²) in [4.78, 5) is 19.1. The van der Waals surface area contributed by atoms with E-state index in [0.29, 0.717) is 4.88 Å². The second-order valence-electron chi connectivity index (χ2n) is 5.93. The third-order valence-corrected chi connectivity index (χ3v) is 5.36. The maximum atomic E-state index is 12.8. The van der Waals surface area contributed by atoms with Gasteiger partial charge >= 0.3 is 0 Å². The number of carbonyl (C=O) groups excluding carboxylic acids is 1. The van der Waals surface area contributed by atoms with Crippen molar-refractivity contribution in [2.45, 2.75) is 19.9 Å². The predicted molar refractivity (Wildman–Crippen MR) is 99.3 cm³/mol. The van der Waals surface area contributed by atoms with E-state index in [1.54, 1.807) is 13.3 Å². The zero-order valence-electron chi connectivity index (χ0n) is 14.7. The van der Waals surface area contributed by atoms with Gasteiger partial charge in [0.2, 0.25) is 0 Å². The number of hydrogen-bond acceptors (Lipinski definition) is 4. The summed E-state index contributed by atoms with van der Waals surface area (Å²) in [7, 11) is 3.55. The maximum absolute atomic E-state index is 12.8. The number of imidazole rings is 1. The monoisotopic (exact) mass is 355 g/mol. The van der Waals surface area contributed by atoms with Crippen LogP contribution in [0.1, 0.15) is 37.5 Å². The molecule has 3 aromatic rings. The Morgan fingerprint density at radius 1 is 1.32 bits per heavy atom. The van der Waals surface area contributed by atoms with E-state index in [1.165, 1.54) is 11.3 Å². The summed E-state index contributed by atoms with van der Waals surface area (Å²) in [6.07, 6.45) is 3.60. The van der Waals surface area contributed by atoms with Crippen molar-refractivity contribution in [3.8, 4) is 5.75 Å². The van der Waals surface area contributed by atoms with Crippen LogP contribution in [-0.4, -0.2) is 22.6 Å². The minimum Gasteiger partial charge on any atom is -0.497 e. The first kappa shape index (κ1) is 17.2. The van der Waals surface area contributed by atoms with Crippen LogP contribution >= 0.6 is 11.3 Å². The molecule has 0 spiro atoms. The lowest BCUT2D eigenvalue weighted by Crippen LogP contribution is -2.30. The van der Waals surface area contributed by atoms with Gasteiger partial charge in [0.05, 0.1) is 12.0 Å². The number of hydrogen-bond donors (Lipinski definition) is 1. The molecule has 0 bridgehead atoms. The van der Waals surface area contributed by atoms with Gasteiger partial charge in [-0.25, -0.2) is 4.98 Å². The Kier molecular flexibility index (Phi) is 4.90. The van der Waals surface area contributed by atoms with E-state index in [-0.39, 0.29) is 11.9 Å². The number of nitrogens with zero attached hydrogens (tertiary/aromatic N) is 2. The highest BCUT2D eigenvalue weighted by atomic mass is 32.1. The molecule has 1 atom stereocenters. The molecule has 0 aliphatic rings. The van der Waals surface area contributed by atoms with E-state index in [1.807, 2.05) is 62.0 Å². The third kappa shape index (κ3) is 3.58. The Hall–Kier alpha value is -2.60. The van der Waals surface area contributed by atoms with Crippen molar-refractivity contribution < 1.29 is 9.53 Å². The number of benzene rings is 1. The lowest BCUT2D eigenvalue weighted by Gasteiger charge is -2.19. The van der Waals surface area contributed by atoms with Gasteiger partial charge < -0.3 is 14.6 Å². The molecule has 0 saturated carbocycles. The molecular weight excluding hydrogens is 334 g/mol. The molecule has 5 nitrogen and oxygen atoms in total. The Morgan fingerprint density at radius 3 is 2.72 bits per heavy atom. The van der Waals surface area contributed by atoms with E-state index in [2.05, 4.69) is 10.3 Å². The van der Waals surface area contributed by atoms with Gasteiger partial charge in [-0.1, -0.05) is 12.1 Å². The first-order valence-electron chi connectivity index (χ1n) is 7.98. The van der Waals surface area contributed by atoms with Crippen LogP contribution in [-0.2, 0) is 7.05 Å². The number of rotatable bonds is 5. The van der Waals surface area contributed by atoms with Crippen molar-refractivity contribution >= 4 is 17.2 Å². The van der Waals surface area contributed by atoms with Crippen molar-refractivity contribution in [2.24, 2.45) is 7.05 Å². The molecule has 0 radical (unpaired) electrons. The van der Waals surface area contributed by atoms with Crippen molar-refractivity contribution in [3.63, 3.8) is 0 Å². The summed E-state index contributed by atoms with van der Waals surface area (Å²) in [5.74, 6) is 1.41. The van der Waals surface area contributed by atoms with Gasteiger partial charge in [-0.3, -0.25) is 4.79 Å². The van der Waals surface area contributed by atoms with Crippen molar-refractivity contribution in [3.05, 3.63) is 69.4 Å². The number of aryl methyl sites for hydroxylation is 3. The molecule has 2 aromatic heterocycles. The molecule has 0 fully saturated rings. The van der Waals surface area contributed by atoms with Crippen molar-refractivity contribution in [2.75, 3.05) is 7.11 Å². The lowest BCUT2D eigenvalue weighted by atomic mass is 10.1. The number of aromatic nitrogens is 2. The molecule has 2 heterocycles. The lowest BCUT2D eigenvalue weighted by molar-refractivity contribution is 0.0945. The molecule has 1 unspecified atom stereocenters. The molecule has 3 rings (SSSR count). The average Bonchev–Trinajstić information content (AvgIpc) is 3.18. The fourth-order valence-corrected chi connectivity index (χ4v) is 3.60. The predicted octanol–water partition coefficient (Wildman–Crippen LogP) is 3.63. The molecule has 1 N–H and O–H groups in total. The van der Waals surface area contributed by atoms with Gasteiger partial charge in [-0.2, -0.15) is 0 Å². The van der Waals surface area contributed by atoms with Crippen molar-refractivity contribution in [1.29, 1.82) is 0 Å². The number of amides is 1. The number of carbonyl (C=O) groups is 1. The van der Waals surface area contributed by atoms with Crippen LogP contribution in [0, 0.1) is 13.8 Å². The van der Waals surface area contributed by atoms with E-state index in [9.17, 15) is 4.79 Å². The Balaban J connectivity index is 1.96. The highest BCUT2D eigenvalue weighted by Crippen LogP contribution is 2.26. The second-order valence-corrected chi connectivity index (χ2v) is 7.19. The second kappa shape index (κ2) is 7.11. The molecule has 0 aliphatic carbocycles. The Bertz CT molecular complexity index is 878. The number of methoxy groups -OCH3 is 1. The van der Waals surface area contributed by atoms with Gasteiger partial charge in [-0.15, -0.1) is 11.3 Å². The van der Waals surface area contributed by atoms with Crippen LogP contribution in [0.25, 0.3) is 0 Å². The molecule has 25 heavy (non-hydrogen) atoms. The average molecular weight is 355 g/mol. The Labute approximate surface area is 151 Å². The summed E-state index contributed by atoms with van der Waals surface area (Å²) in [6, 6.07) is 9.25. The summed E-state index contributed by atoms with van der Waals surface area (Å²) in [6.45, 7) is 4.04. The van der Waals surface area contributed by atoms with Gasteiger partial charge in [-0.05, 0) is 43.2 Å². The third-order valence-electron chi connectivity index (χ3n) is 4.21. The topological polar surface area (TPSA) is 56.1 Å². The summed E-state index contributed by atoms with van der Waals surface area (Å²) >= 11 is 1.50. The van der Waals surface area contributed by atoms with Crippen LogP contribution in [0.15, 0.2) is 42.7 Å². The normalized spacial score (nSPS) is 12.0. The molecule has 6 heteroatoms. The van der Waals surface area contributed by atoms with Crippen LogP contribution in [0.3, 0.4) is 0 Å². The first-order chi connectivity index (χ1) is 12.0. The van der Waals surface area contributed by atoms with Gasteiger partial charge in [0.15, 0.2) is 0 Å². The van der Waals surface area contributed by atoms with Crippen LogP contribution < -0.4 is 10.1 Å². The minimum absolute atomic E-state index is 0.1000. The van der Waals surface area contributed by atoms with E-state index < -0.39 is 0 Å². The van der Waals surface area contributed by atoms with Gasteiger partial charge in [0.1, 0.15) is 17.6 Å².